The second-order valence-corrected chi connectivity index (χ2v) is 8.67. The Morgan fingerprint density at radius 1 is 1.03 bits per heavy atom. The first-order valence-corrected chi connectivity index (χ1v) is 11.9. The Morgan fingerprint density at radius 3 is 2.39 bits per heavy atom. The summed E-state index contributed by atoms with van der Waals surface area (Å²) in [4.78, 5) is 35.7. The van der Waals surface area contributed by atoms with Gasteiger partial charge in [0.2, 0.25) is 5.95 Å². The normalized spacial score (nSPS) is 13.8. The van der Waals surface area contributed by atoms with E-state index < -0.39 is 23.2 Å². The molecule has 38 heavy (non-hydrogen) atoms. The molecule has 2 heterocycles. The van der Waals surface area contributed by atoms with E-state index in [0.717, 1.165) is 17.7 Å². The summed E-state index contributed by atoms with van der Waals surface area (Å²) in [6.07, 6.45) is -2.65. The first-order chi connectivity index (χ1) is 18.2. The first kappa shape index (κ1) is 26.8. The number of aromatic amines is 1. The second kappa shape index (κ2) is 11.4. The van der Waals surface area contributed by atoms with Crippen molar-refractivity contribution in [3.05, 3.63) is 75.7 Å². The summed E-state index contributed by atoms with van der Waals surface area (Å²) in [6.45, 7) is 2.08. The number of benzene rings is 2. The molecule has 0 unspecified atom stereocenters. The average molecular weight is 532 g/mol. The van der Waals surface area contributed by atoms with Gasteiger partial charge in [-0.05, 0) is 42.3 Å². The number of nitrogens with zero attached hydrogens (tertiary/aromatic N) is 3. The summed E-state index contributed by atoms with van der Waals surface area (Å²) in [6, 6.07) is 10.7. The minimum Gasteiger partial charge on any atom is -0.493 e. The number of amides is 1. The quantitative estimate of drug-likeness (QED) is 0.461. The molecule has 1 aromatic heterocycles. The zero-order valence-corrected chi connectivity index (χ0v) is 21.0. The van der Waals surface area contributed by atoms with Gasteiger partial charge in [0.25, 0.3) is 11.5 Å². The molecule has 1 amide bonds. The minimum atomic E-state index is -4.40. The van der Waals surface area contributed by atoms with Crippen molar-refractivity contribution >= 4 is 17.5 Å². The number of nitrogens with one attached hydrogen (secondary N) is 2. The molecule has 12 heteroatoms. The summed E-state index contributed by atoms with van der Waals surface area (Å²) in [5.74, 6) is 0.957. The number of rotatable bonds is 8. The largest absolute Gasteiger partial charge is 0.493 e. The van der Waals surface area contributed by atoms with Crippen LogP contribution in [0.1, 0.15) is 21.5 Å². The van der Waals surface area contributed by atoms with E-state index in [2.05, 4.69) is 15.3 Å². The molecule has 4 rings (SSSR count). The Kier molecular flexibility index (Phi) is 8.08. The molecule has 0 atom stereocenters. The molecular weight excluding hydrogens is 503 g/mol. The SMILES string of the molecule is COc1ccc(CCNC(=O)c2cnc(N3CCN(c4cccc(C(F)(F)F)c4)CC3)[nH]c2=O)cc1OC. The van der Waals surface area contributed by atoms with Gasteiger partial charge in [0.05, 0.1) is 19.8 Å². The summed E-state index contributed by atoms with van der Waals surface area (Å²) in [5.41, 5.74) is 0.0410. The van der Waals surface area contributed by atoms with Crippen molar-refractivity contribution in [1.82, 2.24) is 15.3 Å². The van der Waals surface area contributed by atoms with E-state index >= 15 is 0 Å². The van der Waals surface area contributed by atoms with Gasteiger partial charge in [0.1, 0.15) is 5.56 Å². The van der Waals surface area contributed by atoms with Crippen LogP contribution in [0.4, 0.5) is 24.8 Å². The fraction of sp³-hybridized carbons (Fsp3) is 0.346. The maximum atomic E-state index is 13.0. The molecule has 202 valence electrons. The molecule has 1 saturated heterocycles. The van der Waals surface area contributed by atoms with Crippen molar-refractivity contribution in [2.45, 2.75) is 12.6 Å². The molecule has 0 spiro atoms. The topological polar surface area (TPSA) is 99.8 Å². The van der Waals surface area contributed by atoms with Crippen molar-refractivity contribution < 1.29 is 27.4 Å². The van der Waals surface area contributed by atoms with Crippen molar-refractivity contribution in [3.63, 3.8) is 0 Å². The Bertz CT molecular complexity index is 1340. The number of hydrogen-bond donors (Lipinski definition) is 2. The van der Waals surface area contributed by atoms with Crippen LogP contribution >= 0.6 is 0 Å². The molecular formula is C26H28F3N5O4. The highest BCUT2D eigenvalue weighted by Crippen LogP contribution is 2.32. The van der Waals surface area contributed by atoms with E-state index in [1.54, 1.807) is 26.4 Å². The fourth-order valence-electron chi connectivity index (χ4n) is 4.22. The van der Waals surface area contributed by atoms with Crippen molar-refractivity contribution in [1.29, 1.82) is 0 Å². The van der Waals surface area contributed by atoms with Gasteiger partial charge in [-0.2, -0.15) is 13.2 Å². The molecule has 0 saturated carbocycles. The molecule has 2 N–H and O–H groups in total. The number of anilines is 2. The Morgan fingerprint density at radius 2 is 1.74 bits per heavy atom. The lowest BCUT2D eigenvalue weighted by atomic mass is 10.1. The van der Waals surface area contributed by atoms with E-state index in [0.29, 0.717) is 62.3 Å². The molecule has 0 radical (unpaired) electrons. The highest BCUT2D eigenvalue weighted by Gasteiger charge is 2.31. The minimum absolute atomic E-state index is 0.108. The van der Waals surface area contributed by atoms with E-state index in [1.165, 1.54) is 12.3 Å². The zero-order chi connectivity index (χ0) is 27.3. The lowest BCUT2D eigenvalue weighted by Crippen LogP contribution is -2.47. The maximum Gasteiger partial charge on any atom is 0.416 e. The highest BCUT2D eigenvalue weighted by atomic mass is 19.4. The third-order valence-corrected chi connectivity index (χ3v) is 6.30. The zero-order valence-electron chi connectivity index (χ0n) is 21.0. The predicted octanol–water partition coefficient (Wildman–Crippen LogP) is 3.11. The van der Waals surface area contributed by atoms with Crippen LogP contribution in [0.3, 0.4) is 0 Å². The fourth-order valence-corrected chi connectivity index (χ4v) is 4.22. The number of piperazine rings is 1. The summed E-state index contributed by atoms with van der Waals surface area (Å²) in [5, 5.41) is 2.72. The van der Waals surface area contributed by atoms with Crippen LogP contribution in [-0.4, -0.2) is 62.8 Å². The molecule has 0 bridgehead atoms. The van der Waals surface area contributed by atoms with Crippen LogP contribution < -0.4 is 30.1 Å². The van der Waals surface area contributed by atoms with Gasteiger partial charge in [-0.15, -0.1) is 0 Å². The van der Waals surface area contributed by atoms with Gasteiger partial charge in [-0.1, -0.05) is 12.1 Å². The summed E-state index contributed by atoms with van der Waals surface area (Å²) >= 11 is 0. The van der Waals surface area contributed by atoms with Crippen LogP contribution in [0.25, 0.3) is 0 Å². The van der Waals surface area contributed by atoms with Crippen LogP contribution in [0.5, 0.6) is 11.5 Å². The smallest absolute Gasteiger partial charge is 0.416 e. The van der Waals surface area contributed by atoms with Crippen LogP contribution in [-0.2, 0) is 12.6 Å². The third-order valence-electron chi connectivity index (χ3n) is 6.30. The number of aromatic nitrogens is 2. The number of H-pyrrole nitrogens is 1. The second-order valence-electron chi connectivity index (χ2n) is 8.67. The molecule has 1 aliphatic heterocycles. The van der Waals surface area contributed by atoms with Crippen LogP contribution in [0.2, 0.25) is 0 Å². The van der Waals surface area contributed by atoms with Crippen LogP contribution in [0.15, 0.2) is 53.5 Å². The molecule has 0 aliphatic carbocycles. The van der Waals surface area contributed by atoms with Crippen molar-refractivity contribution in [3.8, 4) is 11.5 Å². The van der Waals surface area contributed by atoms with Gasteiger partial charge in [0.15, 0.2) is 11.5 Å². The van der Waals surface area contributed by atoms with Crippen LogP contribution in [0, 0.1) is 0 Å². The molecule has 1 aliphatic rings. The monoisotopic (exact) mass is 531 g/mol. The number of halogens is 3. The molecule has 3 aromatic rings. The number of hydrogen-bond acceptors (Lipinski definition) is 7. The van der Waals surface area contributed by atoms with E-state index in [1.807, 2.05) is 21.9 Å². The van der Waals surface area contributed by atoms with Crippen molar-refractivity contribution in [2.24, 2.45) is 0 Å². The lowest BCUT2D eigenvalue weighted by Gasteiger charge is -2.36. The van der Waals surface area contributed by atoms with E-state index in [4.69, 9.17) is 9.47 Å². The predicted molar refractivity (Wildman–Crippen MR) is 136 cm³/mol. The standard InChI is InChI=1S/C26H28F3N5O4/c1-37-21-7-6-17(14-22(21)38-2)8-9-30-23(35)20-16-31-25(32-24(20)36)34-12-10-33(11-13-34)19-5-3-4-18(15-19)26(27,28)29/h3-7,14-16H,8-13H2,1-2H3,(H,30,35)(H,31,32,36). The third kappa shape index (κ3) is 6.18. The number of carbonyl (C=O) groups excluding carboxylic acids is 1. The van der Waals surface area contributed by atoms with Gasteiger partial charge in [0, 0.05) is 44.6 Å². The Labute approximate surface area is 217 Å². The number of methoxy groups -OCH3 is 2. The lowest BCUT2D eigenvalue weighted by molar-refractivity contribution is -0.137. The maximum absolute atomic E-state index is 13.0. The highest BCUT2D eigenvalue weighted by molar-refractivity contribution is 5.93. The van der Waals surface area contributed by atoms with Gasteiger partial charge >= 0.3 is 6.18 Å². The molecule has 2 aromatic carbocycles. The Hall–Kier alpha value is -4.22. The van der Waals surface area contributed by atoms with E-state index in [9.17, 15) is 22.8 Å². The average Bonchev–Trinajstić information content (AvgIpc) is 2.92. The molecule has 9 nitrogen and oxygen atoms in total. The molecule has 1 fully saturated rings. The number of alkyl halides is 3. The number of ether oxygens (including phenoxy) is 2. The summed E-state index contributed by atoms with van der Waals surface area (Å²) < 4.78 is 49.6. The van der Waals surface area contributed by atoms with Gasteiger partial charge in [-0.3, -0.25) is 14.6 Å². The van der Waals surface area contributed by atoms with Gasteiger partial charge in [-0.25, -0.2) is 4.98 Å². The first-order valence-electron chi connectivity index (χ1n) is 11.9. The van der Waals surface area contributed by atoms with E-state index in [-0.39, 0.29) is 5.56 Å². The van der Waals surface area contributed by atoms with Gasteiger partial charge < -0.3 is 24.6 Å². The Balaban J connectivity index is 1.32. The van der Waals surface area contributed by atoms with Crippen molar-refractivity contribution in [2.75, 3.05) is 56.7 Å². The summed E-state index contributed by atoms with van der Waals surface area (Å²) in [7, 11) is 3.10. The number of carbonyl (C=O) groups is 1.